The Hall–Kier alpha value is -7.43. The third kappa shape index (κ3) is 4.54. The van der Waals surface area contributed by atoms with Gasteiger partial charge in [-0.1, -0.05) is 153 Å². The van der Waals surface area contributed by atoms with Crippen molar-refractivity contribution in [3.05, 3.63) is 205 Å². The molecule has 0 saturated heterocycles. The summed E-state index contributed by atoms with van der Waals surface area (Å²) in [6.45, 7) is 4.70. The molecular formula is C54H38N4. The van der Waals surface area contributed by atoms with Gasteiger partial charge in [-0.3, -0.25) is 8.97 Å². The Bertz CT molecular complexity index is 3410. The number of hydrogen-bond acceptors (Lipinski definition) is 2. The van der Waals surface area contributed by atoms with Crippen LogP contribution in [0.5, 0.6) is 0 Å². The topological polar surface area (TPSA) is 25.5 Å². The number of pyridine rings is 1. The number of benzene rings is 8. The molecule has 0 N–H and O–H groups in total. The number of hydrogen-bond donors (Lipinski definition) is 0. The second-order valence-corrected chi connectivity index (χ2v) is 16.0. The van der Waals surface area contributed by atoms with Crippen molar-refractivity contribution < 1.29 is 0 Å². The molecule has 12 rings (SSSR count). The molecule has 0 atom stereocenters. The first-order valence-corrected chi connectivity index (χ1v) is 20.1. The fourth-order valence-corrected chi connectivity index (χ4v) is 9.90. The van der Waals surface area contributed by atoms with Crippen LogP contribution in [0.1, 0.15) is 25.0 Å². The SMILES string of the molecule is CC1(C)c2ccccc2-c2c(N(c3ccccc3)c3ccc(-c4cccc5c4c4ccccc4c4nc6c(c7ccccc7n6-c6ccccc6)n54)cc3)cccc21. The van der Waals surface area contributed by atoms with Gasteiger partial charge in [-0.05, 0) is 87.8 Å². The van der Waals surface area contributed by atoms with Gasteiger partial charge < -0.3 is 4.90 Å². The summed E-state index contributed by atoms with van der Waals surface area (Å²) in [6.07, 6.45) is 0. The number of para-hydroxylation sites is 3. The highest BCUT2D eigenvalue weighted by atomic mass is 15.1. The molecule has 1 aliphatic carbocycles. The van der Waals surface area contributed by atoms with Crippen molar-refractivity contribution in [2.75, 3.05) is 4.90 Å². The van der Waals surface area contributed by atoms with E-state index in [0.29, 0.717) is 0 Å². The van der Waals surface area contributed by atoms with Crippen molar-refractivity contribution in [2.24, 2.45) is 0 Å². The largest absolute Gasteiger partial charge is 0.310 e. The monoisotopic (exact) mass is 742 g/mol. The van der Waals surface area contributed by atoms with Crippen LogP contribution in [0.2, 0.25) is 0 Å². The molecule has 3 heterocycles. The van der Waals surface area contributed by atoms with Crippen LogP contribution in [0, 0.1) is 0 Å². The quantitative estimate of drug-likeness (QED) is 0.164. The number of imidazole rings is 1. The number of fused-ring (bicyclic) bond motifs is 13. The van der Waals surface area contributed by atoms with E-state index in [9.17, 15) is 0 Å². The molecule has 0 spiro atoms. The first-order chi connectivity index (χ1) is 28.6. The summed E-state index contributed by atoms with van der Waals surface area (Å²) in [4.78, 5) is 7.89. The van der Waals surface area contributed by atoms with Crippen molar-refractivity contribution in [1.82, 2.24) is 14.0 Å². The number of nitrogens with zero attached hydrogens (tertiary/aromatic N) is 4. The molecule has 4 heteroatoms. The molecule has 0 radical (unpaired) electrons. The Balaban J connectivity index is 1.08. The zero-order chi connectivity index (χ0) is 38.5. The Morgan fingerprint density at radius 3 is 1.88 bits per heavy atom. The van der Waals surface area contributed by atoms with Crippen molar-refractivity contribution in [3.8, 4) is 27.9 Å². The summed E-state index contributed by atoms with van der Waals surface area (Å²) < 4.78 is 4.71. The number of anilines is 3. The fourth-order valence-electron chi connectivity index (χ4n) is 9.90. The van der Waals surface area contributed by atoms with E-state index in [4.69, 9.17) is 4.98 Å². The van der Waals surface area contributed by atoms with Crippen LogP contribution in [0.25, 0.3) is 77.3 Å². The molecule has 0 amide bonds. The van der Waals surface area contributed by atoms with Crippen LogP contribution < -0.4 is 4.90 Å². The van der Waals surface area contributed by atoms with Crippen LogP contribution in [0.15, 0.2) is 194 Å². The summed E-state index contributed by atoms with van der Waals surface area (Å²) in [5.41, 5.74) is 17.5. The molecule has 8 aromatic carbocycles. The van der Waals surface area contributed by atoms with Gasteiger partial charge in [-0.15, -0.1) is 0 Å². The Morgan fingerprint density at radius 1 is 0.466 bits per heavy atom. The first kappa shape index (κ1) is 32.8. The molecule has 3 aromatic heterocycles. The van der Waals surface area contributed by atoms with Crippen molar-refractivity contribution in [3.63, 3.8) is 0 Å². The maximum atomic E-state index is 5.47. The molecule has 0 unspecified atom stereocenters. The smallest absolute Gasteiger partial charge is 0.165 e. The molecule has 0 saturated carbocycles. The Labute approximate surface area is 336 Å². The lowest BCUT2D eigenvalue weighted by molar-refractivity contribution is 0.660. The first-order valence-electron chi connectivity index (χ1n) is 20.1. The zero-order valence-electron chi connectivity index (χ0n) is 32.3. The molecule has 58 heavy (non-hydrogen) atoms. The van der Waals surface area contributed by atoms with Crippen LogP contribution in [-0.2, 0) is 5.41 Å². The summed E-state index contributed by atoms with van der Waals surface area (Å²) in [7, 11) is 0. The number of rotatable bonds is 5. The van der Waals surface area contributed by atoms with E-state index in [2.05, 4.69) is 222 Å². The molecule has 274 valence electrons. The van der Waals surface area contributed by atoms with Gasteiger partial charge in [0, 0.05) is 44.2 Å². The second-order valence-electron chi connectivity index (χ2n) is 16.0. The third-order valence-electron chi connectivity index (χ3n) is 12.5. The molecule has 1 aliphatic rings. The lowest BCUT2D eigenvalue weighted by atomic mass is 9.82. The van der Waals surface area contributed by atoms with E-state index in [1.165, 1.54) is 55.2 Å². The van der Waals surface area contributed by atoms with Gasteiger partial charge in [0.1, 0.15) is 11.2 Å². The molecule has 0 aliphatic heterocycles. The van der Waals surface area contributed by atoms with E-state index in [-0.39, 0.29) is 5.41 Å². The van der Waals surface area contributed by atoms with Gasteiger partial charge in [0.2, 0.25) is 0 Å². The average molecular weight is 743 g/mol. The zero-order valence-corrected chi connectivity index (χ0v) is 32.3. The summed E-state index contributed by atoms with van der Waals surface area (Å²) in [6, 6.07) is 70.4. The minimum Gasteiger partial charge on any atom is -0.310 e. The van der Waals surface area contributed by atoms with Crippen LogP contribution in [0.3, 0.4) is 0 Å². The van der Waals surface area contributed by atoms with E-state index >= 15 is 0 Å². The predicted octanol–water partition coefficient (Wildman–Crippen LogP) is 14.2. The highest BCUT2D eigenvalue weighted by Crippen LogP contribution is 2.54. The molecule has 0 fully saturated rings. The minimum atomic E-state index is -0.0893. The van der Waals surface area contributed by atoms with Gasteiger partial charge >= 0.3 is 0 Å². The summed E-state index contributed by atoms with van der Waals surface area (Å²) >= 11 is 0. The van der Waals surface area contributed by atoms with Crippen LogP contribution in [-0.4, -0.2) is 14.0 Å². The lowest BCUT2D eigenvalue weighted by Gasteiger charge is -2.29. The molecule has 4 nitrogen and oxygen atoms in total. The number of aromatic nitrogens is 3. The van der Waals surface area contributed by atoms with Crippen LogP contribution in [0.4, 0.5) is 17.1 Å². The van der Waals surface area contributed by atoms with E-state index in [0.717, 1.165) is 50.3 Å². The van der Waals surface area contributed by atoms with E-state index < -0.39 is 0 Å². The van der Waals surface area contributed by atoms with Crippen molar-refractivity contribution >= 4 is 66.5 Å². The second kappa shape index (κ2) is 12.3. The van der Waals surface area contributed by atoms with Gasteiger partial charge in [0.15, 0.2) is 5.65 Å². The normalized spacial score (nSPS) is 13.1. The Kier molecular flexibility index (Phi) is 6.94. The Morgan fingerprint density at radius 2 is 1.07 bits per heavy atom. The van der Waals surface area contributed by atoms with Crippen molar-refractivity contribution in [2.45, 2.75) is 19.3 Å². The molecular weight excluding hydrogens is 705 g/mol. The fraction of sp³-hybridized carbons (Fsp3) is 0.0556. The maximum Gasteiger partial charge on any atom is 0.165 e. The van der Waals surface area contributed by atoms with Gasteiger partial charge in [-0.25, -0.2) is 4.98 Å². The highest BCUT2D eigenvalue weighted by molar-refractivity contribution is 6.20. The van der Waals surface area contributed by atoms with Crippen LogP contribution >= 0.6 is 0 Å². The van der Waals surface area contributed by atoms with E-state index in [1.807, 2.05) is 0 Å². The molecule has 11 aromatic rings. The minimum absolute atomic E-state index is 0.0893. The predicted molar refractivity (Wildman–Crippen MR) is 242 cm³/mol. The van der Waals surface area contributed by atoms with Gasteiger partial charge in [-0.2, -0.15) is 0 Å². The maximum absolute atomic E-state index is 5.47. The average Bonchev–Trinajstić information content (AvgIpc) is 3.90. The van der Waals surface area contributed by atoms with Gasteiger partial charge in [0.05, 0.1) is 16.7 Å². The van der Waals surface area contributed by atoms with E-state index in [1.54, 1.807) is 0 Å². The van der Waals surface area contributed by atoms with Crippen molar-refractivity contribution in [1.29, 1.82) is 0 Å². The summed E-state index contributed by atoms with van der Waals surface area (Å²) in [5, 5.41) is 4.73. The summed E-state index contributed by atoms with van der Waals surface area (Å²) in [5.74, 6) is 0. The van der Waals surface area contributed by atoms with Gasteiger partial charge in [0.25, 0.3) is 0 Å². The standard InChI is InChI=1S/C54H38N4/c1-54(2)44-26-13-11-23-42(44)50-45(54)27-16-30-48(50)56(36-17-5-3-6-18-36)38-33-31-35(32-34-38)39-25-15-29-47-49(39)40-21-9-10-22-41(40)52-55-53-51(58(47)52)43-24-12-14-28-46(43)57(53)37-19-7-4-8-20-37/h3-34H,1-2H3. The third-order valence-corrected chi connectivity index (χ3v) is 12.5. The lowest BCUT2D eigenvalue weighted by Crippen LogP contribution is -2.16. The highest BCUT2D eigenvalue weighted by Gasteiger charge is 2.37. The molecule has 0 bridgehead atoms.